The van der Waals surface area contributed by atoms with Gasteiger partial charge in [0.1, 0.15) is 6.54 Å². The lowest BCUT2D eigenvalue weighted by atomic mass is 10.4. The van der Waals surface area contributed by atoms with Crippen LogP contribution in [0.3, 0.4) is 0 Å². The second-order valence-electron chi connectivity index (χ2n) is 3.81. The van der Waals surface area contributed by atoms with Crippen molar-refractivity contribution in [2.75, 3.05) is 26.2 Å². The van der Waals surface area contributed by atoms with Crippen molar-refractivity contribution in [2.24, 2.45) is 0 Å². The Hall–Kier alpha value is -1.99. The molecule has 0 saturated carbocycles. The van der Waals surface area contributed by atoms with Gasteiger partial charge < -0.3 is 10.1 Å². The summed E-state index contributed by atoms with van der Waals surface area (Å²) >= 11 is 0. The van der Waals surface area contributed by atoms with E-state index in [2.05, 4.69) is 23.8 Å². The largest absolute Gasteiger partial charge is 0.444 e. The molecule has 0 radical (unpaired) electrons. The van der Waals surface area contributed by atoms with E-state index in [0.29, 0.717) is 13.1 Å². The predicted molar refractivity (Wildman–Crippen MR) is 67.9 cm³/mol. The zero-order chi connectivity index (χ0) is 14.3. The Kier molecular flexibility index (Phi) is 5.91. The second-order valence-corrected chi connectivity index (χ2v) is 3.81. The highest BCUT2D eigenvalue weighted by Gasteiger charge is 2.23. The molecule has 0 aliphatic carbocycles. The number of nitrogens with zero attached hydrogens (tertiary/aromatic N) is 1. The first-order chi connectivity index (χ1) is 9.08. The molecule has 1 aliphatic heterocycles. The fourth-order valence-electron chi connectivity index (χ4n) is 1.52. The Morgan fingerprint density at radius 1 is 1.21 bits per heavy atom. The Morgan fingerprint density at radius 2 is 1.84 bits per heavy atom. The molecule has 0 aromatic carbocycles. The van der Waals surface area contributed by atoms with E-state index in [1.807, 2.05) is 0 Å². The molecule has 1 aliphatic rings. The average Bonchev–Trinajstić information content (AvgIpc) is 2.44. The van der Waals surface area contributed by atoms with Crippen molar-refractivity contribution >= 4 is 17.8 Å². The molecule has 1 rings (SSSR count). The van der Waals surface area contributed by atoms with E-state index in [1.165, 1.54) is 0 Å². The van der Waals surface area contributed by atoms with Crippen molar-refractivity contribution < 1.29 is 19.1 Å². The van der Waals surface area contributed by atoms with Gasteiger partial charge in [0.05, 0.1) is 0 Å². The summed E-state index contributed by atoms with van der Waals surface area (Å²) in [5, 5.41) is 6.02. The number of hydrogen-bond donors (Lipinski definition) is 2. The van der Waals surface area contributed by atoms with Crippen LogP contribution in [0.1, 0.15) is 0 Å². The summed E-state index contributed by atoms with van der Waals surface area (Å²) in [6.45, 7) is 8.03. The van der Waals surface area contributed by atoms with E-state index in [9.17, 15) is 14.4 Å². The first kappa shape index (κ1) is 15.1. The molecule has 0 aromatic rings. The number of piperazine rings is 1. The van der Waals surface area contributed by atoms with E-state index in [-0.39, 0.29) is 0 Å². The van der Waals surface area contributed by atoms with Crippen molar-refractivity contribution in [3.05, 3.63) is 25.3 Å². The number of carbonyl (C=O) groups is 3. The zero-order valence-electron chi connectivity index (χ0n) is 10.6. The summed E-state index contributed by atoms with van der Waals surface area (Å²) in [4.78, 5) is 35.3. The summed E-state index contributed by atoms with van der Waals surface area (Å²) in [6, 6.07) is 0. The van der Waals surface area contributed by atoms with Gasteiger partial charge in [-0.2, -0.15) is 0 Å². The number of esters is 1. The molecule has 7 heteroatoms. The molecule has 1 fully saturated rings. The predicted octanol–water partition coefficient (Wildman–Crippen LogP) is -1.22. The second kappa shape index (κ2) is 7.45. The van der Waals surface area contributed by atoms with Crippen molar-refractivity contribution in [2.45, 2.75) is 6.23 Å². The van der Waals surface area contributed by atoms with Crippen LogP contribution in [0.2, 0.25) is 0 Å². The molecule has 2 amide bonds. The van der Waals surface area contributed by atoms with Gasteiger partial charge in [0.2, 0.25) is 0 Å². The Labute approximate surface area is 111 Å². The van der Waals surface area contributed by atoms with Crippen LogP contribution >= 0.6 is 0 Å². The molecule has 2 N–H and O–H groups in total. The quantitative estimate of drug-likeness (QED) is 0.479. The van der Waals surface area contributed by atoms with Gasteiger partial charge in [-0.05, 0) is 12.2 Å². The van der Waals surface area contributed by atoms with Crippen LogP contribution in [-0.4, -0.2) is 55.1 Å². The van der Waals surface area contributed by atoms with Crippen LogP contribution in [0.15, 0.2) is 25.3 Å². The number of nitrogens with one attached hydrogen (secondary N) is 2. The number of amides is 2. The number of hydrogen-bond acceptors (Lipinski definition) is 6. The third-order valence-corrected chi connectivity index (χ3v) is 2.45. The topological polar surface area (TPSA) is 87.7 Å². The van der Waals surface area contributed by atoms with E-state index < -0.39 is 30.6 Å². The van der Waals surface area contributed by atoms with Crippen LogP contribution in [0.5, 0.6) is 0 Å². The maximum Gasteiger partial charge on any atom is 0.327 e. The third kappa shape index (κ3) is 4.65. The van der Waals surface area contributed by atoms with Crippen LogP contribution in [-0.2, 0) is 19.1 Å². The molecule has 0 spiro atoms. The van der Waals surface area contributed by atoms with E-state index >= 15 is 0 Å². The van der Waals surface area contributed by atoms with Gasteiger partial charge in [-0.25, -0.2) is 0 Å². The summed E-state index contributed by atoms with van der Waals surface area (Å²) < 4.78 is 5.08. The standard InChI is InChI=1S/C12H17N3O4/c1-3-10(16)15(11(17)4-2)8-12(18)19-9-7-13-5-6-14-9/h3-4,9,13-14H,1-2,5-8H2. The van der Waals surface area contributed by atoms with Crippen molar-refractivity contribution in [3.8, 4) is 0 Å². The molecular formula is C12H17N3O4. The Bertz CT molecular complexity index is 368. The minimum absolute atomic E-state index is 0.458. The zero-order valence-corrected chi connectivity index (χ0v) is 10.6. The normalized spacial score (nSPS) is 18.2. The minimum Gasteiger partial charge on any atom is -0.444 e. The van der Waals surface area contributed by atoms with Gasteiger partial charge in [0, 0.05) is 19.6 Å². The molecule has 7 nitrogen and oxygen atoms in total. The highest BCUT2D eigenvalue weighted by molar-refractivity contribution is 6.06. The molecular weight excluding hydrogens is 250 g/mol. The smallest absolute Gasteiger partial charge is 0.327 e. The van der Waals surface area contributed by atoms with Gasteiger partial charge >= 0.3 is 5.97 Å². The van der Waals surface area contributed by atoms with Crippen LogP contribution < -0.4 is 10.6 Å². The summed E-state index contributed by atoms with van der Waals surface area (Å²) in [5.41, 5.74) is 0. The molecule has 1 heterocycles. The first-order valence-corrected chi connectivity index (χ1v) is 5.82. The lowest BCUT2D eigenvalue weighted by Gasteiger charge is -2.25. The van der Waals surface area contributed by atoms with Crippen molar-refractivity contribution in [3.63, 3.8) is 0 Å². The van der Waals surface area contributed by atoms with Gasteiger partial charge in [0.25, 0.3) is 11.8 Å². The van der Waals surface area contributed by atoms with Crippen LogP contribution in [0.4, 0.5) is 0 Å². The number of carbonyl (C=O) groups excluding carboxylic acids is 3. The fourth-order valence-corrected chi connectivity index (χ4v) is 1.52. The first-order valence-electron chi connectivity index (χ1n) is 5.82. The molecule has 1 atom stereocenters. The Balaban J connectivity index is 2.55. The van der Waals surface area contributed by atoms with Gasteiger partial charge in [-0.15, -0.1) is 0 Å². The van der Waals surface area contributed by atoms with E-state index in [0.717, 1.165) is 23.6 Å². The Morgan fingerprint density at radius 3 is 2.32 bits per heavy atom. The van der Waals surface area contributed by atoms with Gasteiger partial charge in [-0.1, -0.05) is 13.2 Å². The van der Waals surface area contributed by atoms with E-state index in [1.54, 1.807) is 0 Å². The molecule has 0 bridgehead atoms. The molecule has 104 valence electrons. The summed E-state index contributed by atoms with van der Waals surface area (Å²) in [7, 11) is 0. The SMILES string of the molecule is C=CC(=O)N(CC(=O)OC1CNCCN1)C(=O)C=C. The summed E-state index contributed by atoms with van der Waals surface area (Å²) in [6.07, 6.45) is 1.45. The summed E-state index contributed by atoms with van der Waals surface area (Å²) in [5.74, 6) is -2.01. The maximum absolute atomic E-state index is 11.7. The number of imide groups is 1. The van der Waals surface area contributed by atoms with Crippen molar-refractivity contribution in [1.82, 2.24) is 15.5 Å². The van der Waals surface area contributed by atoms with E-state index in [4.69, 9.17) is 4.74 Å². The third-order valence-electron chi connectivity index (χ3n) is 2.45. The number of ether oxygens (including phenoxy) is 1. The highest BCUT2D eigenvalue weighted by atomic mass is 16.6. The van der Waals surface area contributed by atoms with Gasteiger partial charge in [-0.3, -0.25) is 24.6 Å². The minimum atomic E-state index is -0.674. The van der Waals surface area contributed by atoms with Crippen LogP contribution in [0, 0.1) is 0 Å². The fraction of sp³-hybridized carbons (Fsp3) is 0.417. The van der Waals surface area contributed by atoms with Gasteiger partial charge in [0.15, 0.2) is 6.23 Å². The lowest BCUT2D eigenvalue weighted by molar-refractivity contribution is -0.157. The monoisotopic (exact) mass is 267 g/mol. The highest BCUT2D eigenvalue weighted by Crippen LogP contribution is 1.98. The molecule has 1 saturated heterocycles. The lowest BCUT2D eigenvalue weighted by Crippen LogP contribution is -2.51. The maximum atomic E-state index is 11.7. The number of rotatable bonds is 5. The molecule has 19 heavy (non-hydrogen) atoms. The average molecular weight is 267 g/mol. The van der Waals surface area contributed by atoms with Crippen molar-refractivity contribution in [1.29, 1.82) is 0 Å². The molecule has 1 unspecified atom stereocenters. The molecule has 0 aromatic heterocycles. The van der Waals surface area contributed by atoms with Crippen LogP contribution in [0.25, 0.3) is 0 Å².